The Labute approximate surface area is 450 Å². The van der Waals surface area contributed by atoms with E-state index in [0.717, 1.165) is 16.0 Å². The van der Waals surface area contributed by atoms with Crippen molar-refractivity contribution in [2.24, 2.45) is 0 Å². The highest BCUT2D eigenvalue weighted by Crippen LogP contribution is 2.27. The fourth-order valence-corrected chi connectivity index (χ4v) is 9.64. The van der Waals surface area contributed by atoms with Gasteiger partial charge < -0.3 is 49.6 Å². The van der Waals surface area contributed by atoms with E-state index in [1.54, 1.807) is 71.6 Å². The number of benzene rings is 3. The molecule has 1 aliphatic rings. The van der Waals surface area contributed by atoms with Crippen LogP contribution in [-0.2, 0) is 64.5 Å². The van der Waals surface area contributed by atoms with Crippen molar-refractivity contribution in [1.82, 2.24) is 39.8 Å². The summed E-state index contributed by atoms with van der Waals surface area (Å²) in [5.41, 5.74) is 3.64. The maximum Gasteiger partial charge on any atom is 0.407 e. The van der Waals surface area contributed by atoms with E-state index in [-0.39, 0.29) is 109 Å². The van der Waals surface area contributed by atoms with Crippen LogP contribution >= 0.6 is 0 Å². The van der Waals surface area contributed by atoms with E-state index in [1.807, 2.05) is 4.90 Å². The van der Waals surface area contributed by atoms with Gasteiger partial charge in [-0.2, -0.15) is 0 Å². The van der Waals surface area contributed by atoms with Gasteiger partial charge in [0.25, 0.3) is 15.9 Å². The minimum atomic E-state index is -4.65. The van der Waals surface area contributed by atoms with Gasteiger partial charge in [-0.15, -0.1) is 0 Å². The molecule has 1 heterocycles. The highest BCUT2D eigenvalue weighted by molar-refractivity contribution is 7.89. The second-order valence-corrected chi connectivity index (χ2v) is 19.5. The topological polar surface area (TPSA) is 352 Å². The van der Waals surface area contributed by atoms with Crippen molar-refractivity contribution in [3.05, 3.63) is 84.4 Å². The number of ether oxygens (including phenoxy) is 3. The lowest BCUT2D eigenvalue weighted by molar-refractivity contribution is -0.159. The van der Waals surface area contributed by atoms with Crippen molar-refractivity contribution in [3.63, 3.8) is 0 Å². The number of amides is 3. The van der Waals surface area contributed by atoms with Gasteiger partial charge in [0.05, 0.1) is 58.0 Å². The van der Waals surface area contributed by atoms with Crippen molar-refractivity contribution < 1.29 is 91.5 Å². The molecule has 0 radical (unpaired) electrons. The first kappa shape index (κ1) is 63.4. The molecular formula is C50H68N8O19S. The number of aldehydes is 1. The quantitative estimate of drug-likeness (QED) is 0.0176. The van der Waals surface area contributed by atoms with Crippen LogP contribution in [0.3, 0.4) is 0 Å². The van der Waals surface area contributed by atoms with Gasteiger partial charge in [0.1, 0.15) is 30.7 Å². The molecule has 0 saturated carbocycles. The number of alkyl carbamates (subject to hydrolysis) is 1. The molecule has 1 saturated heterocycles. The van der Waals surface area contributed by atoms with Crippen LogP contribution in [0.1, 0.15) is 24.8 Å². The van der Waals surface area contributed by atoms with Gasteiger partial charge in [-0.3, -0.25) is 58.4 Å². The number of nitrogens with one attached hydrogen (secondary N) is 2. The number of carbonyl (C=O) groups excluding carboxylic acids is 4. The van der Waals surface area contributed by atoms with Crippen molar-refractivity contribution in [2.75, 3.05) is 119 Å². The first-order valence-electron chi connectivity index (χ1n) is 24.7. The Kier molecular flexibility index (Phi) is 27.0. The number of rotatable bonds is 37. The first-order valence-corrected chi connectivity index (χ1v) is 26.2. The molecule has 0 spiro atoms. The SMILES string of the molecule is COc1ccc(-c2ccc(S(=O)(=O)N(OCCOCCN3CCN(C(=O)CC[C@@H](C(=O)O)N(CCN(CC=O)CC(=O)O)CCN(CC(=O)O)CC(=O)O)CC3)[C@H](CCNC(=O)OCc3ccccc3)C(=O)NO)cc2)cc1. The zero-order chi connectivity index (χ0) is 57.0. The third-order valence-corrected chi connectivity index (χ3v) is 14.0. The number of piperazine rings is 1. The van der Waals surface area contributed by atoms with Crippen LogP contribution in [0.25, 0.3) is 11.1 Å². The van der Waals surface area contributed by atoms with Gasteiger partial charge >= 0.3 is 30.0 Å². The highest BCUT2D eigenvalue weighted by Gasteiger charge is 2.38. The van der Waals surface area contributed by atoms with Crippen molar-refractivity contribution in [1.29, 1.82) is 0 Å². The highest BCUT2D eigenvalue weighted by atomic mass is 32.2. The predicted octanol–water partition coefficient (Wildman–Crippen LogP) is 0.228. The Balaban J connectivity index is 1.34. The lowest BCUT2D eigenvalue weighted by atomic mass is 10.1. The Morgan fingerprint density at radius 2 is 1.31 bits per heavy atom. The van der Waals surface area contributed by atoms with Gasteiger partial charge in [0.2, 0.25) is 5.91 Å². The summed E-state index contributed by atoms with van der Waals surface area (Å²) in [7, 11) is -3.12. The number of carboxylic acids is 4. The lowest BCUT2D eigenvalue weighted by Crippen LogP contribution is -2.51. The molecule has 3 aromatic rings. The average Bonchev–Trinajstić information content (AvgIpc) is 3.44. The van der Waals surface area contributed by atoms with E-state index >= 15 is 0 Å². The minimum absolute atomic E-state index is 0.0501. The van der Waals surface area contributed by atoms with Crippen LogP contribution in [0.5, 0.6) is 5.75 Å². The smallest absolute Gasteiger partial charge is 0.407 e. The molecule has 3 amide bonds. The molecule has 4 rings (SSSR count). The predicted molar refractivity (Wildman–Crippen MR) is 274 cm³/mol. The number of sulfonamides is 1. The van der Waals surface area contributed by atoms with E-state index in [4.69, 9.17) is 19.0 Å². The molecule has 7 N–H and O–H groups in total. The minimum Gasteiger partial charge on any atom is -0.497 e. The fraction of sp³-hybridized carbons (Fsp3) is 0.480. The number of methoxy groups -OCH3 is 1. The number of aliphatic carboxylic acids is 4. The van der Waals surface area contributed by atoms with Crippen molar-refractivity contribution in [3.8, 4) is 16.9 Å². The van der Waals surface area contributed by atoms with Gasteiger partial charge in [-0.1, -0.05) is 59.1 Å². The second kappa shape index (κ2) is 33.2. The van der Waals surface area contributed by atoms with Gasteiger partial charge in [-0.25, -0.2) is 18.7 Å². The van der Waals surface area contributed by atoms with Crippen LogP contribution in [0, 0.1) is 0 Å². The maximum absolute atomic E-state index is 14.3. The van der Waals surface area contributed by atoms with E-state index in [0.29, 0.717) is 41.7 Å². The largest absolute Gasteiger partial charge is 0.497 e. The number of hydrogen-bond acceptors (Lipinski definition) is 19. The monoisotopic (exact) mass is 1120 g/mol. The molecule has 0 unspecified atom stereocenters. The molecule has 27 nitrogen and oxygen atoms in total. The summed E-state index contributed by atoms with van der Waals surface area (Å²) in [5, 5.41) is 50.4. The number of carbonyl (C=O) groups is 8. The summed E-state index contributed by atoms with van der Waals surface area (Å²) in [6.07, 6.45) is -1.13. The van der Waals surface area contributed by atoms with E-state index in [9.17, 15) is 72.4 Å². The van der Waals surface area contributed by atoms with Crippen LogP contribution in [-0.4, -0.2) is 242 Å². The Bertz CT molecular complexity index is 2500. The van der Waals surface area contributed by atoms with Gasteiger partial charge in [0, 0.05) is 71.9 Å². The van der Waals surface area contributed by atoms with Crippen LogP contribution < -0.4 is 15.5 Å². The average molecular weight is 1120 g/mol. The summed E-state index contributed by atoms with van der Waals surface area (Å²) in [6.45, 7) is -1.62. The molecule has 78 heavy (non-hydrogen) atoms. The zero-order valence-corrected chi connectivity index (χ0v) is 43.9. The summed E-state index contributed by atoms with van der Waals surface area (Å²) < 4.78 is 45.2. The summed E-state index contributed by atoms with van der Waals surface area (Å²) in [6, 6.07) is 18.7. The first-order chi connectivity index (χ1) is 37.3. The number of hydrogen-bond donors (Lipinski definition) is 7. The van der Waals surface area contributed by atoms with Gasteiger partial charge in [-0.05, 0) is 53.8 Å². The fourth-order valence-electron chi connectivity index (χ4n) is 8.20. The van der Waals surface area contributed by atoms with E-state index in [2.05, 4.69) is 5.32 Å². The molecule has 428 valence electrons. The Morgan fingerprint density at radius 1 is 0.718 bits per heavy atom. The van der Waals surface area contributed by atoms with Crippen molar-refractivity contribution in [2.45, 2.75) is 42.8 Å². The molecule has 0 aliphatic carbocycles. The third kappa shape index (κ3) is 21.7. The summed E-state index contributed by atoms with van der Waals surface area (Å²) in [5.74, 6) is -6.06. The zero-order valence-electron chi connectivity index (χ0n) is 43.1. The molecule has 1 aliphatic heterocycles. The molecular weight excluding hydrogens is 1050 g/mol. The molecule has 0 bridgehead atoms. The van der Waals surface area contributed by atoms with Crippen molar-refractivity contribution >= 4 is 58.1 Å². The Hall–Kier alpha value is -7.15. The Morgan fingerprint density at radius 3 is 1.87 bits per heavy atom. The van der Waals surface area contributed by atoms with Gasteiger partial charge in [0.15, 0.2) is 0 Å². The van der Waals surface area contributed by atoms with E-state index < -0.39 is 77.6 Å². The maximum atomic E-state index is 14.3. The second-order valence-electron chi connectivity index (χ2n) is 17.7. The summed E-state index contributed by atoms with van der Waals surface area (Å²) in [4.78, 5) is 110. The van der Waals surface area contributed by atoms with Crippen LogP contribution in [0.15, 0.2) is 83.8 Å². The molecule has 28 heteroatoms. The summed E-state index contributed by atoms with van der Waals surface area (Å²) >= 11 is 0. The molecule has 0 aromatic heterocycles. The van der Waals surface area contributed by atoms with Crippen LogP contribution in [0.4, 0.5) is 4.79 Å². The molecule has 3 aromatic carbocycles. The lowest BCUT2D eigenvalue weighted by Gasteiger charge is -2.35. The molecule has 1 fully saturated rings. The number of carboxylic acid groups (broad SMARTS) is 4. The standard InChI is InChI=1S/C50H68N8O19S/c1-74-40-11-7-38(8-12-40)39-9-13-41(14-10-39)78(72,73)58(42(48(67)52-71)17-18-51-50(70)76-36-37-5-3-2-4-6-37)77-32-31-75-30-28-53-19-25-57(26-20-53)44(60)16-15-43(49(68)69)56(23-21-54(27-29-59)33-45(61)62)24-22-55(34-46(63)64)35-47(65)66/h2-14,29,42-43,71H,15-28,30-36H2,1H3,(H,51,70)(H,52,67)(H,61,62)(H,63,64)(H,65,66)(H,68,69)/t42-,43+/m1/s1. The number of hydroxylamine groups is 2. The third-order valence-electron chi connectivity index (χ3n) is 12.3. The number of nitrogens with zero attached hydrogens (tertiary/aromatic N) is 6. The van der Waals surface area contributed by atoms with Crippen LogP contribution in [0.2, 0.25) is 0 Å². The normalized spacial score (nSPS) is 13.7. The van der Waals surface area contributed by atoms with E-state index in [1.165, 1.54) is 34.5 Å². The molecule has 2 atom stereocenters.